The maximum absolute atomic E-state index is 12.6. The van der Waals surface area contributed by atoms with E-state index in [1.54, 1.807) is 30.2 Å². The van der Waals surface area contributed by atoms with E-state index in [-0.39, 0.29) is 17.2 Å². The maximum atomic E-state index is 12.6. The molecule has 2 aliphatic heterocycles. The number of carbonyl (C=O) groups excluding carboxylic acids is 2. The summed E-state index contributed by atoms with van der Waals surface area (Å²) in [5.74, 6) is -0.170. The Hall–Kier alpha value is -1.95. The summed E-state index contributed by atoms with van der Waals surface area (Å²) in [6.45, 7) is 5.85. The molecule has 0 aromatic carbocycles. The molecule has 0 bridgehead atoms. The van der Waals surface area contributed by atoms with Crippen molar-refractivity contribution in [3.63, 3.8) is 0 Å². The highest BCUT2D eigenvalue weighted by Crippen LogP contribution is 2.34. The predicted octanol–water partition coefficient (Wildman–Crippen LogP) is 1.82. The van der Waals surface area contributed by atoms with Crippen LogP contribution in [0.1, 0.15) is 47.2 Å². The maximum Gasteiger partial charge on any atom is 0.272 e. The first kappa shape index (κ1) is 16.9. The number of hydrogen-bond donors (Lipinski definition) is 0. The van der Waals surface area contributed by atoms with Gasteiger partial charge in [0.05, 0.1) is 0 Å². The van der Waals surface area contributed by atoms with Crippen molar-refractivity contribution in [3.05, 3.63) is 29.6 Å². The highest BCUT2D eigenvalue weighted by molar-refractivity contribution is 5.96. The van der Waals surface area contributed by atoms with Gasteiger partial charge in [0, 0.05) is 45.3 Å². The Bertz CT molecular complexity index is 620. The van der Waals surface area contributed by atoms with Gasteiger partial charge in [-0.2, -0.15) is 0 Å². The first-order valence-corrected chi connectivity index (χ1v) is 8.57. The van der Waals surface area contributed by atoms with Gasteiger partial charge in [-0.3, -0.25) is 9.59 Å². The number of carbonyl (C=O) groups is 2. The lowest BCUT2D eigenvalue weighted by Crippen LogP contribution is -2.57. The fourth-order valence-corrected chi connectivity index (χ4v) is 3.44. The second-order valence-corrected chi connectivity index (χ2v) is 7.12. The summed E-state index contributed by atoms with van der Waals surface area (Å²) in [5, 5.41) is 0. The molecule has 0 spiro atoms. The van der Waals surface area contributed by atoms with Gasteiger partial charge in [0.15, 0.2) is 0 Å². The van der Waals surface area contributed by atoms with Gasteiger partial charge in [0.2, 0.25) is 0 Å². The van der Waals surface area contributed by atoms with E-state index in [0.29, 0.717) is 31.1 Å². The van der Waals surface area contributed by atoms with Gasteiger partial charge in [0.1, 0.15) is 11.4 Å². The van der Waals surface area contributed by atoms with Crippen LogP contribution in [0.5, 0.6) is 0 Å². The van der Waals surface area contributed by atoms with Crippen molar-refractivity contribution in [1.82, 2.24) is 14.8 Å². The molecular weight excluding hydrogens is 306 g/mol. The van der Waals surface area contributed by atoms with Crippen LogP contribution in [0.25, 0.3) is 0 Å². The molecule has 2 aliphatic rings. The standard InChI is InChI=1S/C18H25N3O3/c1-18(8-11-24-2)12-21(13-18)17(23)15-7-5-6-14(19-15)16(22)20-9-3-4-10-20/h5-7H,3-4,8-13H2,1-2H3. The molecule has 6 nitrogen and oxygen atoms in total. The number of likely N-dealkylation sites (tertiary alicyclic amines) is 2. The Kier molecular flexibility index (Phi) is 4.85. The first-order valence-electron chi connectivity index (χ1n) is 8.57. The zero-order valence-corrected chi connectivity index (χ0v) is 14.5. The van der Waals surface area contributed by atoms with Crippen molar-refractivity contribution in [1.29, 1.82) is 0 Å². The van der Waals surface area contributed by atoms with E-state index in [1.165, 1.54) is 0 Å². The molecule has 130 valence electrons. The fraction of sp³-hybridized carbons (Fsp3) is 0.611. The molecule has 0 unspecified atom stereocenters. The number of aromatic nitrogens is 1. The number of pyridine rings is 1. The molecule has 2 fully saturated rings. The van der Waals surface area contributed by atoms with Crippen molar-refractivity contribution >= 4 is 11.8 Å². The van der Waals surface area contributed by atoms with Gasteiger partial charge in [-0.05, 0) is 31.4 Å². The summed E-state index contributed by atoms with van der Waals surface area (Å²) in [5.41, 5.74) is 0.841. The number of amides is 2. The number of rotatable bonds is 5. The highest BCUT2D eigenvalue weighted by atomic mass is 16.5. The highest BCUT2D eigenvalue weighted by Gasteiger charge is 2.41. The van der Waals surface area contributed by atoms with E-state index in [1.807, 2.05) is 4.90 Å². The lowest BCUT2D eigenvalue weighted by atomic mass is 9.79. The minimum atomic E-state index is -0.0963. The minimum absolute atomic E-state index is 0.0734. The summed E-state index contributed by atoms with van der Waals surface area (Å²) >= 11 is 0. The molecule has 6 heteroatoms. The van der Waals surface area contributed by atoms with E-state index in [2.05, 4.69) is 11.9 Å². The predicted molar refractivity (Wildman–Crippen MR) is 89.9 cm³/mol. The monoisotopic (exact) mass is 331 g/mol. The molecule has 1 aromatic heterocycles. The summed E-state index contributed by atoms with van der Waals surface area (Å²) in [6, 6.07) is 5.12. The van der Waals surface area contributed by atoms with E-state index in [4.69, 9.17) is 4.74 Å². The van der Waals surface area contributed by atoms with Crippen LogP contribution in [0.4, 0.5) is 0 Å². The van der Waals surface area contributed by atoms with Crippen molar-refractivity contribution in [2.24, 2.45) is 5.41 Å². The SMILES string of the molecule is COCCC1(C)CN(C(=O)c2cccc(C(=O)N3CCCC3)n2)C1. The van der Waals surface area contributed by atoms with Crippen LogP contribution in [0.15, 0.2) is 18.2 Å². The smallest absolute Gasteiger partial charge is 0.272 e. The lowest BCUT2D eigenvalue weighted by Gasteiger charge is -2.48. The van der Waals surface area contributed by atoms with E-state index in [9.17, 15) is 9.59 Å². The topological polar surface area (TPSA) is 62.7 Å². The largest absolute Gasteiger partial charge is 0.385 e. The zero-order valence-electron chi connectivity index (χ0n) is 14.5. The van der Waals surface area contributed by atoms with Gasteiger partial charge in [-0.1, -0.05) is 13.0 Å². The second kappa shape index (κ2) is 6.89. The second-order valence-electron chi connectivity index (χ2n) is 7.12. The molecule has 2 amide bonds. The van der Waals surface area contributed by atoms with Crippen LogP contribution in [-0.4, -0.2) is 66.5 Å². The number of ether oxygens (including phenoxy) is 1. The van der Waals surface area contributed by atoms with E-state index >= 15 is 0 Å². The van der Waals surface area contributed by atoms with Crippen molar-refractivity contribution in [2.45, 2.75) is 26.2 Å². The molecule has 24 heavy (non-hydrogen) atoms. The van der Waals surface area contributed by atoms with Crippen molar-refractivity contribution in [3.8, 4) is 0 Å². The van der Waals surface area contributed by atoms with Gasteiger partial charge < -0.3 is 14.5 Å². The van der Waals surface area contributed by atoms with Crippen LogP contribution in [0.2, 0.25) is 0 Å². The summed E-state index contributed by atoms with van der Waals surface area (Å²) in [6.07, 6.45) is 3.02. The van der Waals surface area contributed by atoms with Crippen LogP contribution < -0.4 is 0 Å². The Morgan fingerprint density at radius 3 is 2.29 bits per heavy atom. The molecule has 0 N–H and O–H groups in total. The van der Waals surface area contributed by atoms with Gasteiger partial charge in [-0.25, -0.2) is 4.98 Å². The Labute approximate surface area is 142 Å². The van der Waals surface area contributed by atoms with E-state index < -0.39 is 0 Å². The number of hydrogen-bond acceptors (Lipinski definition) is 4. The average molecular weight is 331 g/mol. The number of methoxy groups -OCH3 is 1. The summed E-state index contributed by atoms with van der Waals surface area (Å²) < 4.78 is 5.13. The molecule has 0 radical (unpaired) electrons. The van der Waals surface area contributed by atoms with Crippen LogP contribution in [-0.2, 0) is 4.74 Å². The summed E-state index contributed by atoms with van der Waals surface area (Å²) in [7, 11) is 1.69. The minimum Gasteiger partial charge on any atom is -0.385 e. The Balaban J connectivity index is 1.64. The lowest BCUT2D eigenvalue weighted by molar-refractivity contribution is -0.00133. The molecular formula is C18H25N3O3. The van der Waals surface area contributed by atoms with Crippen molar-refractivity contribution in [2.75, 3.05) is 39.9 Å². The Morgan fingerprint density at radius 2 is 1.71 bits per heavy atom. The van der Waals surface area contributed by atoms with E-state index in [0.717, 1.165) is 32.4 Å². The summed E-state index contributed by atoms with van der Waals surface area (Å²) in [4.78, 5) is 32.9. The molecule has 0 aliphatic carbocycles. The van der Waals surface area contributed by atoms with Gasteiger partial charge >= 0.3 is 0 Å². The van der Waals surface area contributed by atoms with Crippen LogP contribution in [0, 0.1) is 5.41 Å². The molecule has 3 heterocycles. The molecule has 0 saturated carbocycles. The molecule has 2 saturated heterocycles. The third-order valence-electron chi connectivity index (χ3n) is 4.92. The first-order chi connectivity index (χ1) is 11.5. The quantitative estimate of drug-likeness (QED) is 0.825. The molecule has 0 atom stereocenters. The Morgan fingerprint density at radius 1 is 1.12 bits per heavy atom. The van der Waals surface area contributed by atoms with Crippen molar-refractivity contribution < 1.29 is 14.3 Å². The average Bonchev–Trinajstić information content (AvgIpc) is 3.11. The zero-order chi connectivity index (χ0) is 17.2. The van der Waals surface area contributed by atoms with Gasteiger partial charge in [0.25, 0.3) is 11.8 Å². The van der Waals surface area contributed by atoms with Crippen LogP contribution >= 0.6 is 0 Å². The molecule has 1 aromatic rings. The van der Waals surface area contributed by atoms with Gasteiger partial charge in [-0.15, -0.1) is 0 Å². The normalized spacial score (nSPS) is 19.2. The third kappa shape index (κ3) is 3.43. The molecule has 3 rings (SSSR count). The van der Waals surface area contributed by atoms with Crippen LogP contribution in [0.3, 0.4) is 0 Å². The third-order valence-corrected chi connectivity index (χ3v) is 4.92. The number of nitrogens with zero attached hydrogens (tertiary/aromatic N) is 3. The fourth-order valence-electron chi connectivity index (χ4n) is 3.44.